The Morgan fingerprint density at radius 3 is 2.68 bits per heavy atom. The van der Waals surface area contributed by atoms with Crippen molar-refractivity contribution in [3.05, 3.63) is 0 Å². The molecule has 1 saturated heterocycles. The molecule has 2 aliphatic rings. The maximum Gasteiger partial charge on any atom is 0.284 e. The van der Waals surface area contributed by atoms with Crippen molar-refractivity contribution < 1.29 is 9.59 Å². The highest BCUT2D eigenvalue weighted by molar-refractivity contribution is 6.23. The summed E-state index contributed by atoms with van der Waals surface area (Å²) in [4.78, 5) is 28.6. The summed E-state index contributed by atoms with van der Waals surface area (Å²) in [5, 5.41) is 6.25. The van der Waals surface area contributed by atoms with Crippen molar-refractivity contribution in [3.8, 4) is 0 Å². The van der Waals surface area contributed by atoms with Crippen LogP contribution in [-0.4, -0.2) is 67.4 Å². The van der Waals surface area contributed by atoms with Crippen molar-refractivity contribution in [2.24, 2.45) is 16.5 Å². The molecule has 1 saturated carbocycles. The molecule has 0 aromatic carbocycles. The lowest BCUT2D eigenvalue weighted by atomic mass is 9.73. The molecular formula is C17H32N6O2. The lowest BCUT2D eigenvalue weighted by Crippen LogP contribution is -2.60. The molecule has 2 rings (SSSR count). The van der Waals surface area contributed by atoms with E-state index in [1.807, 2.05) is 0 Å². The molecule has 142 valence electrons. The Morgan fingerprint density at radius 2 is 2.00 bits per heavy atom. The number of rotatable bonds is 8. The van der Waals surface area contributed by atoms with Gasteiger partial charge in [-0.05, 0) is 25.7 Å². The topological polar surface area (TPSA) is 126 Å². The number of carbonyl (C=O) groups is 2. The van der Waals surface area contributed by atoms with E-state index in [1.165, 1.54) is 32.1 Å². The molecule has 1 aliphatic carbocycles. The lowest BCUT2D eigenvalue weighted by Gasteiger charge is -2.52. The fourth-order valence-electron chi connectivity index (χ4n) is 4.28. The van der Waals surface area contributed by atoms with Gasteiger partial charge in [0.15, 0.2) is 5.96 Å². The summed E-state index contributed by atoms with van der Waals surface area (Å²) in [6, 6.07) is 0.113. The number of nitrogens with one attached hydrogen (secondary N) is 2. The number of guanidine groups is 1. The summed E-state index contributed by atoms with van der Waals surface area (Å²) in [6.45, 7) is 4.19. The molecule has 0 radical (unpaired) electrons. The van der Waals surface area contributed by atoms with Gasteiger partial charge in [0.05, 0.1) is 6.54 Å². The summed E-state index contributed by atoms with van der Waals surface area (Å²) in [5.41, 5.74) is 10.8. The molecule has 1 spiro atoms. The lowest BCUT2D eigenvalue weighted by molar-refractivity contribution is -0.132. The van der Waals surface area contributed by atoms with Crippen LogP contribution in [0.2, 0.25) is 0 Å². The first-order valence-electron chi connectivity index (χ1n) is 9.32. The number of likely N-dealkylation sites (tertiary alicyclic amines) is 1. The van der Waals surface area contributed by atoms with Crippen LogP contribution in [0.3, 0.4) is 0 Å². The van der Waals surface area contributed by atoms with Crippen LogP contribution in [0.25, 0.3) is 0 Å². The summed E-state index contributed by atoms with van der Waals surface area (Å²) < 4.78 is 0. The first-order chi connectivity index (χ1) is 12.1. The third-order valence-corrected chi connectivity index (χ3v) is 5.42. The van der Waals surface area contributed by atoms with Crippen LogP contribution in [0, 0.1) is 0 Å². The number of hydrogen-bond donors (Lipinski definition) is 4. The minimum Gasteiger partial charge on any atom is -0.370 e. The Bertz CT molecular complexity index is 472. The van der Waals surface area contributed by atoms with Crippen molar-refractivity contribution in [3.63, 3.8) is 0 Å². The van der Waals surface area contributed by atoms with Crippen LogP contribution in [0.5, 0.6) is 0 Å². The van der Waals surface area contributed by atoms with E-state index in [4.69, 9.17) is 11.5 Å². The molecule has 8 heteroatoms. The van der Waals surface area contributed by atoms with Gasteiger partial charge in [0, 0.05) is 37.8 Å². The van der Waals surface area contributed by atoms with Crippen LogP contribution in [0.4, 0.5) is 0 Å². The van der Waals surface area contributed by atoms with Gasteiger partial charge in [0.25, 0.3) is 5.91 Å². The summed E-state index contributed by atoms with van der Waals surface area (Å²) in [7, 11) is 0. The van der Waals surface area contributed by atoms with Gasteiger partial charge in [0.1, 0.15) is 0 Å². The van der Waals surface area contributed by atoms with Gasteiger partial charge in [-0.2, -0.15) is 0 Å². The summed E-state index contributed by atoms with van der Waals surface area (Å²) in [6.07, 6.45) is 8.34. The number of aldehydes is 1. The highest BCUT2D eigenvalue weighted by Gasteiger charge is 2.42. The van der Waals surface area contributed by atoms with Gasteiger partial charge in [-0.1, -0.05) is 19.3 Å². The second-order valence-electron chi connectivity index (χ2n) is 7.14. The van der Waals surface area contributed by atoms with Crippen LogP contribution < -0.4 is 22.1 Å². The third kappa shape index (κ3) is 5.97. The minimum absolute atomic E-state index is 0.113. The van der Waals surface area contributed by atoms with Crippen molar-refractivity contribution in [2.45, 2.75) is 56.5 Å². The predicted molar refractivity (Wildman–Crippen MR) is 98.2 cm³/mol. The molecule has 0 aromatic heterocycles. The molecular weight excluding hydrogens is 320 g/mol. The van der Waals surface area contributed by atoms with Crippen LogP contribution >= 0.6 is 0 Å². The normalized spacial score (nSPS) is 23.1. The molecule has 0 bridgehead atoms. The molecule has 1 aliphatic heterocycles. The second-order valence-corrected chi connectivity index (χ2v) is 7.14. The zero-order valence-electron chi connectivity index (χ0n) is 15.0. The van der Waals surface area contributed by atoms with E-state index in [0.717, 1.165) is 39.0 Å². The largest absolute Gasteiger partial charge is 0.370 e. The maximum atomic E-state index is 11.4. The van der Waals surface area contributed by atoms with E-state index in [1.54, 1.807) is 0 Å². The number of nitrogens with two attached hydrogens (primary N) is 2. The number of hydrogen-bond acceptors (Lipinski definition) is 5. The standard InChI is InChI=1S/C17H32N6O2/c18-16(19)21-8-7-20-9-11-23-10-4-14(22-15(25)13-24)12-17(23)5-2-1-3-6-17/h13-14,20H,1-12H2,(H,22,25)(H4,18,19,21). The van der Waals surface area contributed by atoms with E-state index < -0.39 is 5.91 Å². The third-order valence-electron chi connectivity index (χ3n) is 5.42. The average Bonchev–Trinajstić information content (AvgIpc) is 2.60. The van der Waals surface area contributed by atoms with Gasteiger partial charge in [-0.15, -0.1) is 0 Å². The Hall–Kier alpha value is -1.67. The quantitative estimate of drug-likeness (QED) is 0.151. The van der Waals surface area contributed by atoms with E-state index in [9.17, 15) is 9.59 Å². The number of carbonyl (C=O) groups excluding carboxylic acids is 2. The van der Waals surface area contributed by atoms with Gasteiger partial charge < -0.3 is 22.1 Å². The molecule has 25 heavy (non-hydrogen) atoms. The first-order valence-corrected chi connectivity index (χ1v) is 9.32. The summed E-state index contributed by atoms with van der Waals surface area (Å²) >= 11 is 0. The number of aliphatic imine (C=N–C) groups is 1. The van der Waals surface area contributed by atoms with Crippen LogP contribution in [0.1, 0.15) is 44.9 Å². The Balaban J connectivity index is 1.85. The molecule has 1 unspecified atom stereocenters. The molecule has 8 nitrogen and oxygen atoms in total. The highest BCUT2D eigenvalue weighted by atomic mass is 16.2. The Labute approximate surface area is 149 Å². The van der Waals surface area contributed by atoms with Gasteiger partial charge >= 0.3 is 0 Å². The van der Waals surface area contributed by atoms with Crippen LogP contribution in [-0.2, 0) is 9.59 Å². The SMILES string of the molecule is NC(N)=NCCNCCN1CCC(NC(=O)C=O)CC12CCCCC2. The smallest absolute Gasteiger partial charge is 0.284 e. The number of nitrogens with zero attached hydrogens (tertiary/aromatic N) is 2. The van der Waals surface area contributed by atoms with E-state index in [2.05, 4.69) is 20.5 Å². The first kappa shape index (κ1) is 19.7. The van der Waals surface area contributed by atoms with E-state index in [-0.39, 0.29) is 17.5 Å². The van der Waals surface area contributed by atoms with E-state index >= 15 is 0 Å². The van der Waals surface area contributed by atoms with Gasteiger partial charge in [-0.25, -0.2) is 0 Å². The Morgan fingerprint density at radius 1 is 1.24 bits per heavy atom. The fraction of sp³-hybridized carbons (Fsp3) is 0.824. The molecule has 1 atom stereocenters. The zero-order chi connectivity index (χ0) is 18.1. The fourth-order valence-corrected chi connectivity index (χ4v) is 4.28. The van der Waals surface area contributed by atoms with Crippen LogP contribution in [0.15, 0.2) is 4.99 Å². The number of amides is 1. The monoisotopic (exact) mass is 352 g/mol. The van der Waals surface area contributed by atoms with Crippen molar-refractivity contribution in [1.82, 2.24) is 15.5 Å². The Kier molecular flexibility index (Phi) is 7.64. The second kappa shape index (κ2) is 9.72. The average molecular weight is 352 g/mol. The van der Waals surface area contributed by atoms with Crippen molar-refractivity contribution in [1.29, 1.82) is 0 Å². The summed E-state index contributed by atoms with van der Waals surface area (Å²) in [5.74, 6) is -0.367. The zero-order valence-corrected chi connectivity index (χ0v) is 15.0. The highest BCUT2D eigenvalue weighted by Crippen LogP contribution is 2.40. The van der Waals surface area contributed by atoms with Crippen molar-refractivity contribution in [2.75, 3.05) is 32.7 Å². The molecule has 0 aromatic rings. The molecule has 1 heterocycles. The molecule has 2 fully saturated rings. The van der Waals surface area contributed by atoms with Gasteiger partial charge in [-0.3, -0.25) is 19.5 Å². The predicted octanol–water partition coefficient (Wildman–Crippen LogP) is -0.668. The number of piperidine rings is 1. The van der Waals surface area contributed by atoms with Gasteiger partial charge in [0.2, 0.25) is 6.29 Å². The van der Waals surface area contributed by atoms with E-state index in [0.29, 0.717) is 12.8 Å². The molecule has 1 amide bonds. The molecule has 6 N–H and O–H groups in total. The minimum atomic E-state index is -0.495. The van der Waals surface area contributed by atoms with Crippen molar-refractivity contribution >= 4 is 18.2 Å². The maximum absolute atomic E-state index is 11.4.